The average molecular weight is 482 g/mol. The summed E-state index contributed by atoms with van der Waals surface area (Å²) in [4.78, 5) is 0. The molecule has 0 saturated heterocycles. The van der Waals surface area contributed by atoms with Gasteiger partial charge in [0.15, 0.2) is 0 Å². The average Bonchev–Trinajstić information content (AvgIpc) is 3.38. The second-order valence-electron chi connectivity index (χ2n) is 7.74. The molecular formula is C31H31PTi. The van der Waals surface area contributed by atoms with Gasteiger partial charge >= 0.3 is 21.7 Å². The van der Waals surface area contributed by atoms with Gasteiger partial charge in [-0.3, -0.25) is 0 Å². The van der Waals surface area contributed by atoms with Crippen LogP contribution < -0.4 is 10.6 Å². The summed E-state index contributed by atoms with van der Waals surface area (Å²) in [5.41, 5.74) is 2.73. The number of benzene rings is 3. The molecular weight excluding hydrogens is 451 g/mol. The predicted molar refractivity (Wildman–Crippen MR) is 148 cm³/mol. The Bertz CT molecular complexity index is 1240. The molecule has 0 N–H and O–H groups in total. The third kappa shape index (κ3) is 8.10. The molecule has 5 aromatic carbocycles. The predicted octanol–water partition coefficient (Wildman–Crippen LogP) is 8.11. The summed E-state index contributed by atoms with van der Waals surface area (Å²) in [6.45, 7) is 9.73. The van der Waals surface area contributed by atoms with Crippen molar-refractivity contribution in [2.24, 2.45) is 0 Å². The van der Waals surface area contributed by atoms with Crippen LogP contribution in [-0.4, -0.2) is 0 Å². The first-order valence-electron chi connectivity index (χ1n) is 10.9. The minimum Gasteiger partial charge on any atom is -0.165 e. The molecule has 5 aromatic rings. The number of fused-ring (bicyclic) bond motifs is 2. The molecule has 0 heterocycles. The van der Waals surface area contributed by atoms with Crippen molar-refractivity contribution < 1.29 is 21.7 Å². The SMILES string of the molecule is C=CC=CC.Cc1cc2ccccc2[cH-]1.Cc1ccccc1Pc1cc2ccccc2[cH-]1.[Ti+2]. The maximum Gasteiger partial charge on any atom is 2.00 e. The quantitative estimate of drug-likeness (QED) is 0.105. The van der Waals surface area contributed by atoms with Crippen LogP contribution >= 0.6 is 8.58 Å². The second kappa shape index (κ2) is 13.9. The molecule has 0 fully saturated rings. The normalized spacial score (nSPS) is 10.5. The zero-order valence-electron chi connectivity index (χ0n) is 19.7. The smallest absolute Gasteiger partial charge is 0.165 e. The topological polar surface area (TPSA) is 0 Å². The second-order valence-corrected chi connectivity index (χ2v) is 9.10. The number of hydrogen-bond donors (Lipinski definition) is 0. The maximum atomic E-state index is 3.46. The van der Waals surface area contributed by atoms with Crippen molar-refractivity contribution in [1.82, 2.24) is 0 Å². The molecule has 33 heavy (non-hydrogen) atoms. The fraction of sp³-hybridized carbons (Fsp3) is 0.0968. The molecule has 0 aliphatic rings. The Labute approximate surface area is 215 Å². The Morgan fingerprint density at radius 2 is 1.33 bits per heavy atom. The van der Waals surface area contributed by atoms with Gasteiger partial charge in [0.25, 0.3) is 0 Å². The van der Waals surface area contributed by atoms with Gasteiger partial charge in [0, 0.05) is 0 Å². The minimum atomic E-state index is 0. The molecule has 1 unspecified atom stereocenters. The largest absolute Gasteiger partial charge is 2.00 e. The number of aryl methyl sites for hydroxylation is 2. The molecule has 0 spiro atoms. The van der Waals surface area contributed by atoms with E-state index in [0.29, 0.717) is 0 Å². The zero-order valence-corrected chi connectivity index (χ0v) is 22.2. The van der Waals surface area contributed by atoms with Crippen LogP contribution in [0.15, 0.2) is 122 Å². The minimum absolute atomic E-state index is 0. The molecule has 0 saturated carbocycles. The molecule has 0 aliphatic heterocycles. The standard InChI is InChI=1S/C16H14P.C10H9.C5H8.Ti/c1-12-6-2-5-9-16(12)17-15-10-13-7-3-4-8-14(13)11-15;1-8-6-9-4-2-3-5-10(9)7-8;1-3-5-4-2;/h2-11,17H,1H3;2-7H,1H3;3-5H,1H2,2H3;/q2*-1;;+2. The van der Waals surface area contributed by atoms with Crippen molar-refractivity contribution >= 4 is 40.7 Å². The monoisotopic (exact) mass is 482 g/mol. The van der Waals surface area contributed by atoms with Gasteiger partial charge in [-0.2, -0.15) is 12.1 Å². The molecule has 0 amide bonds. The molecule has 0 nitrogen and oxygen atoms in total. The fourth-order valence-corrected chi connectivity index (χ4v) is 4.76. The summed E-state index contributed by atoms with van der Waals surface area (Å²) in [6.07, 6.45) is 5.58. The van der Waals surface area contributed by atoms with E-state index in [2.05, 4.69) is 117 Å². The zero-order chi connectivity index (χ0) is 22.8. The molecule has 0 bridgehead atoms. The number of allylic oxidation sites excluding steroid dienone is 3. The van der Waals surface area contributed by atoms with Crippen LogP contribution in [0.5, 0.6) is 0 Å². The summed E-state index contributed by atoms with van der Waals surface area (Å²) in [5, 5.41) is 8.27. The Hall–Kier alpha value is -2.50. The van der Waals surface area contributed by atoms with Gasteiger partial charge in [0.2, 0.25) is 0 Å². The molecule has 1 atom stereocenters. The summed E-state index contributed by atoms with van der Waals surface area (Å²) in [5.74, 6) is 0. The first kappa shape index (κ1) is 26.8. The van der Waals surface area contributed by atoms with E-state index >= 15 is 0 Å². The van der Waals surface area contributed by atoms with Crippen LogP contribution in [0.3, 0.4) is 0 Å². The first-order chi connectivity index (χ1) is 15.6. The molecule has 0 aromatic heterocycles. The van der Waals surface area contributed by atoms with Gasteiger partial charge in [-0.05, 0) is 24.7 Å². The molecule has 2 heteroatoms. The van der Waals surface area contributed by atoms with E-state index in [-0.39, 0.29) is 21.7 Å². The van der Waals surface area contributed by atoms with E-state index in [4.69, 9.17) is 0 Å². The van der Waals surface area contributed by atoms with Crippen molar-refractivity contribution in [2.75, 3.05) is 0 Å². The summed E-state index contributed by atoms with van der Waals surface area (Å²) < 4.78 is 0. The van der Waals surface area contributed by atoms with Gasteiger partial charge in [-0.1, -0.05) is 76.7 Å². The van der Waals surface area contributed by atoms with Crippen LogP contribution in [0.4, 0.5) is 0 Å². The van der Waals surface area contributed by atoms with E-state index in [0.717, 1.165) is 8.58 Å². The maximum absolute atomic E-state index is 3.46. The van der Waals surface area contributed by atoms with E-state index in [1.807, 2.05) is 19.1 Å². The van der Waals surface area contributed by atoms with Gasteiger partial charge in [0.05, 0.1) is 0 Å². The van der Waals surface area contributed by atoms with Gasteiger partial charge in [0.1, 0.15) is 0 Å². The first-order valence-corrected chi connectivity index (χ1v) is 11.9. The summed E-state index contributed by atoms with van der Waals surface area (Å²) >= 11 is 0. The third-order valence-electron chi connectivity index (χ3n) is 5.13. The number of hydrogen-bond acceptors (Lipinski definition) is 0. The Balaban J connectivity index is 0.000000205. The van der Waals surface area contributed by atoms with Crippen LogP contribution in [-0.2, 0) is 21.7 Å². The summed E-state index contributed by atoms with van der Waals surface area (Å²) in [7, 11) is 0.759. The number of rotatable bonds is 3. The third-order valence-corrected chi connectivity index (χ3v) is 6.54. The molecule has 0 radical (unpaired) electrons. The fourth-order valence-electron chi connectivity index (χ4n) is 3.53. The molecule has 5 rings (SSSR count). The van der Waals surface area contributed by atoms with Gasteiger partial charge in [-0.15, -0.1) is 80.9 Å². The van der Waals surface area contributed by atoms with Crippen LogP contribution in [0.1, 0.15) is 18.1 Å². The van der Waals surface area contributed by atoms with E-state index in [1.54, 1.807) is 6.08 Å². The summed E-state index contributed by atoms with van der Waals surface area (Å²) in [6, 6.07) is 34.6. The van der Waals surface area contributed by atoms with Crippen molar-refractivity contribution in [2.45, 2.75) is 20.8 Å². The van der Waals surface area contributed by atoms with Gasteiger partial charge in [-0.25, -0.2) is 0 Å². The van der Waals surface area contributed by atoms with Crippen molar-refractivity contribution in [3.63, 3.8) is 0 Å². The van der Waals surface area contributed by atoms with E-state index < -0.39 is 0 Å². The van der Waals surface area contributed by atoms with Crippen LogP contribution in [0.25, 0.3) is 21.5 Å². The van der Waals surface area contributed by atoms with E-state index in [1.165, 1.54) is 43.3 Å². The van der Waals surface area contributed by atoms with Crippen LogP contribution in [0.2, 0.25) is 0 Å². The Morgan fingerprint density at radius 3 is 1.88 bits per heavy atom. The van der Waals surface area contributed by atoms with Crippen LogP contribution in [0, 0.1) is 13.8 Å². The molecule has 164 valence electrons. The van der Waals surface area contributed by atoms with Crippen molar-refractivity contribution in [1.29, 1.82) is 0 Å². The van der Waals surface area contributed by atoms with E-state index in [9.17, 15) is 0 Å². The molecule has 0 aliphatic carbocycles. The Morgan fingerprint density at radius 1 is 0.758 bits per heavy atom. The Kier molecular flexibility index (Phi) is 11.3. The van der Waals surface area contributed by atoms with Gasteiger partial charge < -0.3 is 0 Å². The van der Waals surface area contributed by atoms with Crippen molar-refractivity contribution in [3.05, 3.63) is 133 Å². The van der Waals surface area contributed by atoms with Crippen molar-refractivity contribution in [3.8, 4) is 0 Å².